The maximum Gasteiger partial charge on any atom is 0.275 e. The molecule has 0 radical (unpaired) electrons. The molecule has 0 spiro atoms. The maximum absolute atomic E-state index is 13.3. The monoisotopic (exact) mass is 569 g/mol. The van der Waals surface area contributed by atoms with Gasteiger partial charge >= 0.3 is 0 Å². The number of aromatic nitrogens is 1. The summed E-state index contributed by atoms with van der Waals surface area (Å²) in [5, 5.41) is 26.7. The molecule has 1 amide bonds. The van der Waals surface area contributed by atoms with Crippen molar-refractivity contribution in [2.75, 3.05) is 11.9 Å². The number of aliphatic hydroxyl groups excluding tert-OH is 1. The summed E-state index contributed by atoms with van der Waals surface area (Å²) in [5.41, 5.74) is 2.35. The lowest BCUT2D eigenvalue weighted by atomic mass is 9.78. The summed E-state index contributed by atoms with van der Waals surface area (Å²) in [4.78, 5) is 43.8. The summed E-state index contributed by atoms with van der Waals surface area (Å²) in [6.45, 7) is 2.40. The van der Waals surface area contributed by atoms with Crippen LogP contribution in [0.25, 0.3) is 16.0 Å². The smallest absolute Gasteiger partial charge is 0.275 e. The molecule has 0 saturated heterocycles. The molecule has 4 aromatic rings. The Morgan fingerprint density at radius 2 is 1.85 bits per heavy atom. The fourth-order valence-electron chi connectivity index (χ4n) is 4.91. The van der Waals surface area contributed by atoms with Crippen LogP contribution < -0.4 is 10.1 Å². The predicted octanol–water partition coefficient (Wildman–Crippen LogP) is 5.69. The molecule has 3 aromatic carbocycles. The number of fused-ring (bicyclic) bond motifs is 2. The molecule has 0 saturated carbocycles. The lowest BCUT2D eigenvalue weighted by molar-refractivity contribution is -0.119. The zero-order chi connectivity index (χ0) is 28.9. The van der Waals surface area contributed by atoms with Gasteiger partial charge in [-0.05, 0) is 36.2 Å². The number of amides is 1. The van der Waals surface area contributed by atoms with Crippen LogP contribution in [0, 0.1) is 0 Å². The van der Waals surface area contributed by atoms with E-state index in [0.717, 1.165) is 4.70 Å². The number of nitrogens with zero attached hydrogens (tertiary/aromatic N) is 2. The minimum atomic E-state index is -0.772. The van der Waals surface area contributed by atoms with E-state index in [1.165, 1.54) is 11.3 Å². The van der Waals surface area contributed by atoms with Gasteiger partial charge in [0.1, 0.15) is 17.3 Å². The first-order valence-corrected chi connectivity index (χ1v) is 13.9. The topological polar surface area (TPSA) is 138 Å². The van der Waals surface area contributed by atoms with Crippen LogP contribution >= 0.6 is 11.3 Å². The number of rotatable bonds is 10. The highest BCUT2D eigenvalue weighted by Crippen LogP contribution is 2.38. The fourth-order valence-corrected chi connectivity index (χ4v) is 5.80. The number of thiazole rings is 1. The second kappa shape index (κ2) is 12.1. The van der Waals surface area contributed by atoms with Crippen LogP contribution in [-0.2, 0) is 20.8 Å². The van der Waals surface area contributed by atoms with E-state index in [1.807, 2.05) is 19.1 Å². The van der Waals surface area contributed by atoms with Crippen molar-refractivity contribution in [2.24, 2.45) is 5.16 Å². The molecular weight excluding hydrogens is 542 g/mol. The number of ether oxygens (including phenoxy) is 1. The largest absolute Gasteiger partial charge is 0.507 e. The van der Waals surface area contributed by atoms with Gasteiger partial charge in [0.25, 0.3) is 5.91 Å². The van der Waals surface area contributed by atoms with Gasteiger partial charge in [0.15, 0.2) is 16.6 Å². The molecule has 0 aliphatic heterocycles. The number of nitrogens with one attached hydrogen (secondary N) is 1. The Morgan fingerprint density at radius 1 is 1.10 bits per heavy atom. The molecule has 5 rings (SSSR count). The van der Waals surface area contributed by atoms with Crippen molar-refractivity contribution < 1.29 is 29.4 Å². The normalized spacial score (nSPS) is 14.1. The second-order valence-corrected chi connectivity index (χ2v) is 10.5. The van der Waals surface area contributed by atoms with Crippen LogP contribution in [0.15, 0.2) is 83.5 Å². The molecule has 1 aromatic heterocycles. The van der Waals surface area contributed by atoms with Crippen LogP contribution in [0.3, 0.4) is 0 Å². The van der Waals surface area contributed by atoms with E-state index in [0.29, 0.717) is 34.6 Å². The molecule has 1 aliphatic carbocycles. The summed E-state index contributed by atoms with van der Waals surface area (Å²) in [6, 6.07) is 21.4. The van der Waals surface area contributed by atoms with Gasteiger partial charge < -0.3 is 15.1 Å². The van der Waals surface area contributed by atoms with Crippen LogP contribution in [0.1, 0.15) is 42.4 Å². The van der Waals surface area contributed by atoms with Gasteiger partial charge in [-0.15, -0.1) is 0 Å². The van der Waals surface area contributed by atoms with E-state index in [9.17, 15) is 24.7 Å². The number of oxime groups is 1. The van der Waals surface area contributed by atoms with Crippen molar-refractivity contribution in [1.82, 2.24) is 4.98 Å². The lowest BCUT2D eigenvalue weighted by Crippen LogP contribution is -2.27. The highest BCUT2D eigenvalue weighted by Gasteiger charge is 2.33. The predicted molar refractivity (Wildman–Crippen MR) is 157 cm³/mol. The Morgan fingerprint density at radius 3 is 2.61 bits per heavy atom. The third-order valence-electron chi connectivity index (χ3n) is 6.80. The minimum absolute atomic E-state index is 0.104. The summed E-state index contributed by atoms with van der Waals surface area (Å²) in [6.07, 6.45) is -0.568. The van der Waals surface area contributed by atoms with Gasteiger partial charge in [0, 0.05) is 29.9 Å². The molecule has 9 nitrogen and oxygen atoms in total. The maximum atomic E-state index is 13.3. The van der Waals surface area contributed by atoms with E-state index in [4.69, 9.17) is 4.74 Å². The molecule has 1 unspecified atom stereocenters. The summed E-state index contributed by atoms with van der Waals surface area (Å²) in [5.74, 6) is -1.73. The lowest BCUT2D eigenvalue weighted by Gasteiger charge is -2.25. The van der Waals surface area contributed by atoms with Gasteiger partial charge in [-0.3, -0.25) is 19.7 Å². The Kier molecular flexibility index (Phi) is 8.21. The molecule has 3 N–H and O–H groups in total. The number of hydrogen-bond donors (Lipinski definition) is 3. The van der Waals surface area contributed by atoms with E-state index < -0.39 is 29.7 Å². The second-order valence-electron chi connectivity index (χ2n) is 9.48. The first-order valence-electron chi connectivity index (χ1n) is 13.0. The summed E-state index contributed by atoms with van der Waals surface area (Å²) in [7, 11) is 0. The van der Waals surface area contributed by atoms with Crippen molar-refractivity contribution in [3.8, 4) is 5.75 Å². The van der Waals surface area contributed by atoms with Gasteiger partial charge in [-0.1, -0.05) is 71.1 Å². The molecule has 10 heteroatoms. The molecule has 41 heavy (non-hydrogen) atoms. The van der Waals surface area contributed by atoms with Gasteiger partial charge in [-0.25, -0.2) is 4.98 Å². The first-order chi connectivity index (χ1) is 19.9. The number of benzene rings is 3. The van der Waals surface area contributed by atoms with Crippen molar-refractivity contribution in [2.45, 2.75) is 32.1 Å². The van der Waals surface area contributed by atoms with E-state index in [2.05, 4.69) is 15.5 Å². The van der Waals surface area contributed by atoms with Crippen LogP contribution in [-0.4, -0.2) is 45.1 Å². The number of anilines is 1. The van der Waals surface area contributed by atoms with Gasteiger partial charge in [0.2, 0.25) is 0 Å². The molecule has 1 aliphatic rings. The highest BCUT2D eigenvalue weighted by atomic mass is 32.1. The third kappa shape index (κ3) is 6.02. The molecule has 0 bridgehead atoms. The van der Waals surface area contributed by atoms with Crippen molar-refractivity contribution in [3.05, 3.63) is 95.1 Å². The first kappa shape index (κ1) is 27.7. The number of carbonyl (C=O) groups excluding carboxylic acids is 3. The molecule has 1 heterocycles. The summed E-state index contributed by atoms with van der Waals surface area (Å²) >= 11 is 1.22. The van der Waals surface area contributed by atoms with Crippen LogP contribution in [0.2, 0.25) is 0 Å². The quantitative estimate of drug-likeness (QED) is 0.127. The van der Waals surface area contributed by atoms with E-state index in [1.54, 1.807) is 60.7 Å². The number of carbonyl (C=O) groups is 3. The standard InChI is InChI=1S/C31H27N3O6S/c1-2-40-21-12-13-24-27(17-21)41-31(32-24)33-30(38)25(34-39)16-20(35)15-23(18-8-4-3-5-9-18)28-26(36)14-19-10-6-7-11-22(19)29(28)37/h3-13,17,23,37,39H,2,14-16H2,1H3,(H,32,33,38)/b34-25-. The fraction of sp³-hybridized carbons (Fsp3) is 0.194. The number of allylic oxidation sites excluding steroid dienone is 1. The molecular formula is C31H27N3O6S. The molecule has 0 fully saturated rings. The zero-order valence-corrected chi connectivity index (χ0v) is 23.0. The molecule has 208 valence electrons. The number of aliphatic hydroxyl groups is 1. The average molecular weight is 570 g/mol. The van der Waals surface area contributed by atoms with E-state index >= 15 is 0 Å². The Labute approximate surface area is 239 Å². The van der Waals surface area contributed by atoms with Crippen LogP contribution in [0.4, 0.5) is 5.13 Å². The van der Waals surface area contributed by atoms with E-state index in [-0.39, 0.29) is 35.1 Å². The Balaban J connectivity index is 1.35. The van der Waals surface area contributed by atoms with Crippen LogP contribution in [0.5, 0.6) is 5.75 Å². The van der Waals surface area contributed by atoms with Crippen molar-refractivity contribution >= 4 is 55.6 Å². The SMILES string of the molecule is CCOc1ccc2nc(NC(=O)/C(CC(=O)CC(C3=C(O)c4ccccc4CC3=O)c3ccccc3)=N\O)sc2c1. The molecule has 1 atom stereocenters. The van der Waals surface area contributed by atoms with Crippen molar-refractivity contribution in [3.63, 3.8) is 0 Å². The Bertz CT molecular complexity index is 1690. The van der Waals surface area contributed by atoms with Crippen molar-refractivity contribution in [1.29, 1.82) is 0 Å². The zero-order valence-electron chi connectivity index (χ0n) is 22.2. The van der Waals surface area contributed by atoms with Gasteiger partial charge in [0.05, 0.1) is 23.2 Å². The third-order valence-corrected chi connectivity index (χ3v) is 7.73. The summed E-state index contributed by atoms with van der Waals surface area (Å²) < 4.78 is 6.30. The van der Waals surface area contributed by atoms with Gasteiger partial charge in [-0.2, -0.15) is 0 Å². The average Bonchev–Trinajstić information content (AvgIpc) is 3.37. The number of Topliss-reactive ketones (excluding diaryl/α,β-unsaturated/α-hetero) is 2. The highest BCUT2D eigenvalue weighted by molar-refractivity contribution is 7.22. The Hall–Kier alpha value is -4.83. The number of hydrogen-bond acceptors (Lipinski definition) is 9. The minimum Gasteiger partial charge on any atom is -0.507 e. The number of ketones is 2.